The van der Waals surface area contributed by atoms with Crippen LogP contribution in [0.4, 0.5) is 0 Å². The highest BCUT2D eigenvalue weighted by molar-refractivity contribution is 5.87. The summed E-state index contributed by atoms with van der Waals surface area (Å²) in [4.78, 5) is 10.3. The molecule has 0 unspecified atom stereocenters. The Labute approximate surface area is 59.0 Å². The van der Waals surface area contributed by atoms with Crippen LogP contribution in [-0.4, -0.2) is 22.3 Å². The first-order valence-corrected chi connectivity index (χ1v) is 3.33. The second-order valence-corrected chi connectivity index (χ2v) is 2.41. The standard InChI is InChI=1S/C7H10O3/c8-6-4-2-1-3-5(6)7(9)10/h3,6,8H,1-2,4H2,(H,9,10)/t6-/m1/s1. The van der Waals surface area contributed by atoms with Crippen LogP contribution in [-0.2, 0) is 4.79 Å². The number of carboxylic acids is 1. The van der Waals surface area contributed by atoms with Gasteiger partial charge in [0.1, 0.15) is 0 Å². The molecular weight excluding hydrogens is 132 g/mol. The van der Waals surface area contributed by atoms with Gasteiger partial charge in [-0.2, -0.15) is 0 Å². The lowest BCUT2D eigenvalue weighted by atomic mass is 9.97. The highest BCUT2D eigenvalue weighted by atomic mass is 16.4. The van der Waals surface area contributed by atoms with Crippen LogP contribution >= 0.6 is 0 Å². The van der Waals surface area contributed by atoms with E-state index >= 15 is 0 Å². The summed E-state index contributed by atoms with van der Waals surface area (Å²) in [5.74, 6) is -0.993. The molecule has 1 aliphatic rings. The lowest BCUT2D eigenvalue weighted by molar-refractivity contribution is -0.133. The summed E-state index contributed by atoms with van der Waals surface area (Å²) < 4.78 is 0. The Morgan fingerprint density at radius 1 is 1.70 bits per heavy atom. The number of aliphatic hydroxyl groups excluding tert-OH is 1. The molecule has 10 heavy (non-hydrogen) atoms. The molecule has 0 saturated carbocycles. The summed E-state index contributed by atoms with van der Waals surface area (Å²) in [6, 6.07) is 0. The van der Waals surface area contributed by atoms with Crippen LogP contribution in [0, 0.1) is 0 Å². The first-order valence-electron chi connectivity index (χ1n) is 3.33. The van der Waals surface area contributed by atoms with Gasteiger partial charge in [0.25, 0.3) is 0 Å². The molecule has 0 aliphatic heterocycles. The zero-order chi connectivity index (χ0) is 7.56. The van der Waals surface area contributed by atoms with E-state index in [1.807, 2.05) is 0 Å². The molecule has 0 fully saturated rings. The maximum atomic E-state index is 10.3. The van der Waals surface area contributed by atoms with Crippen molar-refractivity contribution >= 4 is 5.97 Å². The van der Waals surface area contributed by atoms with E-state index in [0.29, 0.717) is 6.42 Å². The Morgan fingerprint density at radius 2 is 2.40 bits per heavy atom. The minimum Gasteiger partial charge on any atom is -0.478 e. The van der Waals surface area contributed by atoms with Gasteiger partial charge < -0.3 is 10.2 Å². The van der Waals surface area contributed by atoms with Gasteiger partial charge in [-0.1, -0.05) is 6.08 Å². The second-order valence-electron chi connectivity index (χ2n) is 2.41. The minimum atomic E-state index is -0.993. The largest absolute Gasteiger partial charge is 0.478 e. The van der Waals surface area contributed by atoms with E-state index in [1.165, 1.54) is 0 Å². The van der Waals surface area contributed by atoms with E-state index in [2.05, 4.69) is 0 Å². The number of hydrogen-bond donors (Lipinski definition) is 2. The van der Waals surface area contributed by atoms with Gasteiger partial charge in [-0.05, 0) is 19.3 Å². The number of hydrogen-bond acceptors (Lipinski definition) is 2. The monoisotopic (exact) mass is 142 g/mol. The molecule has 0 radical (unpaired) electrons. The Hall–Kier alpha value is -0.830. The topological polar surface area (TPSA) is 57.5 Å². The molecule has 0 bridgehead atoms. The van der Waals surface area contributed by atoms with Crippen molar-refractivity contribution in [3.63, 3.8) is 0 Å². The number of aliphatic carboxylic acids is 1. The molecule has 3 nitrogen and oxygen atoms in total. The summed E-state index contributed by atoms with van der Waals surface area (Å²) in [7, 11) is 0. The fourth-order valence-electron chi connectivity index (χ4n) is 1.09. The Morgan fingerprint density at radius 3 is 2.80 bits per heavy atom. The predicted molar refractivity (Wildman–Crippen MR) is 35.6 cm³/mol. The average Bonchev–Trinajstić information content (AvgIpc) is 1.88. The summed E-state index contributed by atoms with van der Waals surface area (Å²) in [5, 5.41) is 17.6. The Balaban J connectivity index is 2.71. The maximum absolute atomic E-state index is 10.3. The molecule has 1 atom stereocenters. The smallest absolute Gasteiger partial charge is 0.333 e. The van der Waals surface area contributed by atoms with E-state index in [4.69, 9.17) is 10.2 Å². The SMILES string of the molecule is O=C(O)C1=CCCC[C@H]1O. The van der Waals surface area contributed by atoms with Crippen LogP contribution in [0.3, 0.4) is 0 Å². The first kappa shape index (κ1) is 7.28. The van der Waals surface area contributed by atoms with Crippen molar-refractivity contribution in [2.45, 2.75) is 25.4 Å². The van der Waals surface area contributed by atoms with Crippen molar-refractivity contribution in [2.75, 3.05) is 0 Å². The van der Waals surface area contributed by atoms with Gasteiger partial charge >= 0.3 is 5.97 Å². The lowest BCUT2D eigenvalue weighted by Gasteiger charge is -2.15. The molecule has 0 heterocycles. The van der Waals surface area contributed by atoms with Crippen LogP contribution in [0.2, 0.25) is 0 Å². The molecule has 1 rings (SSSR count). The van der Waals surface area contributed by atoms with Crippen molar-refractivity contribution in [3.05, 3.63) is 11.6 Å². The van der Waals surface area contributed by atoms with E-state index < -0.39 is 12.1 Å². The van der Waals surface area contributed by atoms with Crippen LogP contribution < -0.4 is 0 Å². The summed E-state index contributed by atoms with van der Waals surface area (Å²) in [6.45, 7) is 0. The van der Waals surface area contributed by atoms with Crippen molar-refractivity contribution in [3.8, 4) is 0 Å². The molecule has 56 valence electrons. The Kier molecular flexibility index (Phi) is 2.06. The third-order valence-corrected chi connectivity index (χ3v) is 1.65. The maximum Gasteiger partial charge on any atom is 0.333 e. The molecular formula is C7H10O3. The van der Waals surface area contributed by atoms with E-state index in [1.54, 1.807) is 6.08 Å². The number of carboxylic acid groups (broad SMARTS) is 1. The van der Waals surface area contributed by atoms with Crippen LogP contribution in [0.5, 0.6) is 0 Å². The fourth-order valence-corrected chi connectivity index (χ4v) is 1.09. The Bertz CT molecular complexity index is 172. The average molecular weight is 142 g/mol. The molecule has 2 N–H and O–H groups in total. The molecule has 1 aliphatic carbocycles. The first-order chi connectivity index (χ1) is 4.72. The van der Waals surface area contributed by atoms with Crippen LogP contribution in [0.15, 0.2) is 11.6 Å². The van der Waals surface area contributed by atoms with Gasteiger partial charge in [0.2, 0.25) is 0 Å². The highest BCUT2D eigenvalue weighted by Gasteiger charge is 2.19. The second kappa shape index (κ2) is 2.84. The zero-order valence-electron chi connectivity index (χ0n) is 5.58. The van der Waals surface area contributed by atoms with Crippen molar-refractivity contribution in [2.24, 2.45) is 0 Å². The summed E-state index contributed by atoms with van der Waals surface area (Å²) >= 11 is 0. The van der Waals surface area contributed by atoms with Gasteiger partial charge in [-0.3, -0.25) is 0 Å². The molecule has 0 spiro atoms. The van der Waals surface area contributed by atoms with Gasteiger partial charge in [-0.25, -0.2) is 4.79 Å². The third-order valence-electron chi connectivity index (χ3n) is 1.65. The van der Waals surface area contributed by atoms with Gasteiger partial charge in [0, 0.05) is 0 Å². The molecule has 0 aromatic rings. The van der Waals surface area contributed by atoms with Crippen LogP contribution in [0.1, 0.15) is 19.3 Å². The summed E-state index contributed by atoms with van der Waals surface area (Å²) in [5.41, 5.74) is 0.159. The molecule has 0 saturated heterocycles. The molecule has 0 aromatic carbocycles. The number of rotatable bonds is 1. The minimum absolute atomic E-state index is 0.159. The quantitative estimate of drug-likeness (QED) is 0.561. The fraction of sp³-hybridized carbons (Fsp3) is 0.571. The van der Waals surface area contributed by atoms with E-state index in [9.17, 15) is 4.79 Å². The van der Waals surface area contributed by atoms with Crippen molar-refractivity contribution < 1.29 is 15.0 Å². The normalized spacial score (nSPS) is 25.7. The predicted octanol–water partition coefficient (Wildman–Crippen LogP) is 0.542. The van der Waals surface area contributed by atoms with E-state index in [-0.39, 0.29) is 5.57 Å². The third kappa shape index (κ3) is 1.36. The number of aliphatic hydroxyl groups is 1. The number of allylic oxidation sites excluding steroid dienone is 1. The lowest BCUT2D eigenvalue weighted by Crippen LogP contribution is -2.20. The van der Waals surface area contributed by atoms with Gasteiger partial charge in [0.15, 0.2) is 0 Å². The van der Waals surface area contributed by atoms with Crippen molar-refractivity contribution in [1.82, 2.24) is 0 Å². The summed E-state index contributed by atoms with van der Waals surface area (Å²) in [6.07, 6.45) is 3.09. The van der Waals surface area contributed by atoms with Gasteiger partial charge in [-0.15, -0.1) is 0 Å². The molecule has 0 aromatic heterocycles. The van der Waals surface area contributed by atoms with E-state index in [0.717, 1.165) is 12.8 Å². The van der Waals surface area contributed by atoms with Gasteiger partial charge in [0.05, 0.1) is 11.7 Å². The highest BCUT2D eigenvalue weighted by Crippen LogP contribution is 2.17. The van der Waals surface area contributed by atoms with Crippen molar-refractivity contribution in [1.29, 1.82) is 0 Å². The number of carbonyl (C=O) groups is 1. The zero-order valence-corrected chi connectivity index (χ0v) is 5.58. The molecule has 0 amide bonds. The molecule has 3 heteroatoms. The van der Waals surface area contributed by atoms with Crippen LogP contribution in [0.25, 0.3) is 0 Å².